The second-order valence-corrected chi connectivity index (χ2v) is 7.09. The van der Waals surface area contributed by atoms with Crippen molar-refractivity contribution in [3.63, 3.8) is 0 Å². The molecule has 4 rings (SSSR count). The largest absolute Gasteiger partial charge is 0.322 e. The van der Waals surface area contributed by atoms with Crippen LogP contribution in [0.4, 0.5) is 5.82 Å². The molecule has 0 radical (unpaired) electrons. The Bertz CT molecular complexity index is 878. The van der Waals surface area contributed by atoms with E-state index in [0.717, 1.165) is 32.5 Å². The van der Waals surface area contributed by atoms with E-state index in [1.165, 1.54) is 5.56 Å². The van der Waals surface area contributed by atoms with E-state index < -0.39 is 5.54 Å². The highest BCUT2D eigenvalue weighted by Crippen LogP contribution is 2.32. The number of carbonyl (C=O) groups is 1. The minimum absolute atomic E-state index is 0.0291. The van der Waals surface area contributed by atoms with Gasteiger partial charge in [-0.25, -0.2) is 4.98 Å². The van der Waals surface area contributed by atoms with Gasteiger partial charge in [0.1, 0.15) is 5.54 Å². The molecule has 0 bridgehead atoms. The molecule has 1 saturated heterocycles. The first-order valence-corrected chi connectivity index (χ1v) is 9.21. The minimum Gasteiger partial charge on any atom is -0.322 e. The Balaban J connectivity index is 1.50. The summed E-state index contributed by atoms with van der Waals surface area (Å²) in [6.07, 6.45) is 8.63. The maximum atomic E-state index is 13.2. The number of carbonyl (C=O) groups excluding carboxylic acids is 1. The van der Waals surface area contributed by atoms with Crippen LogP contribution in [-0.4, -0.2) is 43.2 Å². The Morgan fingerprint density at radius 3 is 2.56 bits per heavy atom. The molecule has 1 fully saturated rings. The van der Waals surface area contributed by atoms with Crippen LogP contribution < -0.4 is 5.32 Å². The second kappa shape index (κ2) is 7.36. The van der Waals surface area contributed by atoms with Gasteiger partial charge in [-0.2, -0.15) is 5.10 Å². The normalized spacial score (nSPS) is 16.9. The van der Waals surface area contributed by atoms with E-state index in [0.29, 0.717) is 5.82 Å². The lowest BCUT2D eigenvalue weighted by molar-refractivity contribution is -0.127. The Labute approximate surface area is 158 Å². The zero-order valence-corrected chi connectivity index (χ0v) is 15.5. The molecule has 1 N–H and O–H groups in total. The fourth-order valence-electron chi connectivity index (χ4n) is 3.75. The number of piperidine rings is 1. The maximum Gasteiger partial charge on any atom is 0.251 e. The van der Waals surface area contributed by atoms with Gasteiger partial charge in [-0.3, -0.25) is 14.4 Å². The van der Waals surface area contributed by atoms with Crippen LogP contribution in [0.15, 0.2) is 61.3 Å². The van der Waals surface area contributed by atoms with Crippen molar-refractivity contribution in [2.24, 2.45) is 7.05 Å². The molecule has 0 spiro atoms. The minimum atomic E-state index is -0.638. The number of nitrogens with one attached hydrogen (secondary N) is 1. The lowest BCUT2D eigenvalue weighted by Gasteiger charge is -2.41. The molecule has 0 aliphatic carbocycles. The van der Waals surface area contributed by atoms with E-state index in [-0.39, 0.29) is 5.91 Å². The smallest absolute Gasteiger partial charge is 0.251 e. The first-order chi connectivity index (χ1) is 13.2. The first kappa shape index (κ1) is 17.5. The number of benzene rings is 1. The third kappa shape index (κ3) is 3.64. The predicted molar refractivity (Wildman–Crippen MR) is 103 cm³/mol. The van der Waals surface area contributed by atoms with E-state index in [1.807, 2.05) is 36.1 Å². The van der Waals surface area contributed by atoms with Gasteiger partial charge in [-0.15, -0.1) is 0 Å². The van der Waals surface area contributed by atoms with Crippen molar-refractivity contribution in [2.75, 3.05) is 18.4 Å². The number of amides is 1. The summed E-state index contributed by atoms with van der Waals surface area (Å²) in [6.45, 7) is 2.61. The predicted octanol–water partition coefficient (Wildman–Crippen LogP) is 2.25. The van der Waals surface area contributed by atoms with Crippen LogP contribution in [0.1, 0.15) is 18.4 Å². The number of hydrogen-bond donors (Lipinski definition) is 1. The fraction of sp³-hybridized carbons (Fsp3) is 0.350. The summed E-state index contributed by atoms with van der Waals surface area (Å²) < 4.78 is 3.63. The van der Waals surface area contributed by atoms with Crippen LogP contribution in [0.3, 0.4) is 0 Å². The van der Waals surface area contributed by atoms with Gasteiger partial charge in [0.15, 0.2) is 5.82 Å². The van der Waals surface area contributed by atoms with Crippen LogP contribution in [0.25, 0.3) is 0 Å². The molecule has 7 nitrogen and oxygen atoms in total. The number of aryl methyl sites for hydroxylation is 1. The van der Waals surface area contributed by atoms with Crippen molar-refractivity contribution in [1.29, 1.82) is 0 Å². The summed E-state index contributed by atoms with van der Waals surface area (Å²) in [5.41, 5.74) is 0.659. The van der Waals surface area contributed by atoms with Crippen LogP contribution >= 0.6 is 0 Å². The molecule has 3 heterocycles. The number of rotatable bonds is 5. The molecule has 1 amide bonds. The Hall–Kier alpha value is -2.93. The van der Waals surface area contributed by atoms with Gasteiger partial charge in [0, 0.05) is 51.3 Å². The van der Waals surface area contributed by atoms with E-state index in [2.05, 4.69) is 44.6 Å². The molecule has 1 aromatic carbocycles. The monoisotopic (exact) mass is 364 g/mol. The van der Waals surface area contributed by atoms with Gasteiger partial charge in [0.2, 0.25) is 0 Å². The van der Waals surface area contributed by atoms with Gasteiger partial charge in [-0.1, -0.05) is 30.3 Å². The lowest BCUT2D eigenvalue weighted by atomic mass is 9.85. The number of likely N-dealkylation sites (tertiary alicyclic amines) is 1. The number of nitrogens with zero attached hydrogens (tertiary/aromatic N) is 5. The summed E-state index contributed by atoms with van der Waals surface area (Å²) in [6, 6.07) is 12.3. The van der Waals surface area contributed by atoms with Crippen molar-refractivity contribution in [3.8, 4) is 0 Å². The average Bonchev–Trinajstić information content (AvgIpc) is 3.36. The summed E-state index contributed by atoms with van der Waals surface area (Å²) in [5, 5.41) is 7.27. The van der Waals surface area contributed by atoms with Crippen molar-refractivity contribution < 1.29 is 4.79 Å². The van der Waals surface area contributed by atoms with Gasteiger partial charge in [0.25, 0.3) is 5.91 Å². The molecule has 27 heavy (non-hydrogen) atoms. The third-order valence-corrected chi connectivity index (χ3v) is 5.31. The van der Waals surface area contributed by atoms with Crippen LogP contribution in [0, 0.1) is 0 Å². The molecule has 2 aromatic heterocycles. The second-order valence-electron chi connectivity index (χ2n) is 7.09. The molecule has 7 heteroatoms. The SMILES string of the molecule is Cn1ccc(NC(=O)C2(n3ccnc3)CCN(Cc3ccccc3)CC2)n1. The topological polar surface area (TPSA) is 68.0 Å². The average molecular weight is 364 g/mol. The number of aromatic nitrogens is 4. The molecule has 0 saturated carbocycles. The first-order valence-electron chi connectivity index (χ1n) is 9.21. The summed E-state index contributed by atoms with van der Waals surface area (Å²) in [7, 11) is 1.84. The molecule has 1 aliphatic rings. The number of imidazole rings is 1. The molecule has 140 valence electrons. The maximum absolute atomic E-state index is 13.2. The van der Waals surface area contributed by atoms with Crippen LogP contribution in [-0.2, 0) is 23.9 Å². The highest BCUT2D eigenvalue weighted by molar-refractivity contribution is 5.96. The Morgan fingerprint density at radius 2 is 1.93 bits per heavy atom. The van der Waals surface area contributed by atoms with Gasteiger partial charge < -0.3 is 9.88 Å². The Morgan fingerprint density at radius 1 is 1.15 bits per heavy atom. The van der Waals surface area contributed by atoms with Gasteiger partial charge >= 0.3 is 0 Å². The highest BCUT2D eigenvalue weighted by atomic mass is 16.2. The lowest BCUT2D eigenvalue weighted by Crippen LogP contribution is -2.52. The molecule has 0 atom stereocenters. The van der Waals surface area contributed by atoms with E-state index in [4.69, 9.17) is 0 Å². The fourth-order valence-corrected chi connectivity index (χ4v) is 3.75. The van der Waals surface area contributed by atoms with Gasteiger partial charge in [-0.05, 0) is 18.4 Å². The molecule has 1 aliphatic heterocycles. The molecule has 0 unspecified atom stereocenters. The van der Waals surface area contributed by atoms with Crippen LogP contribution in [0.5, 0.6) is 0 Å². The molecular formula is C20H24N6O. The highest BCUT2D eigenvalue weighted by Gasteiger charge is 2.43. The van der Waals surface area contributed by atoms with Gasteiger partial charge in [0.05, 0.1) is 6.33 Å². The summed E-state index contributed by atoms with van der Waals surface area (Å²) in [5.74, 6) is 0.548. The quantitative estimate of drug-likeness (QED) is 0.754. The van der Waals surface area contributed by atoms with Crippen molar-refractivity contribution in [3.05, 3.63) is 66.9 Å². The van der Waals surface area contributed by atoms with E-state index in [9.17, 15) is 4.79 Å². The Kier molecular flexibility index (Phi) is 4.77. The van der Waals surface area contributed by atoms with Crippen LogP contribution in [0.2, 0.25) is 0 Å². The molecular weight excluding hydrogens is 340 g/mol. The zero-order chi connectivity index (χ0) is 18.7. The van der Waals surface area contributed by atoms with Crippen molar-refractivity contribution >= 4 is 11.7 Å². The number of hydrogen-bond acceptors (Lipinski definition) is 4. The molecule has 3 aromatic rings. The third-order valence-electron chi connectivity index (χ3n) is 5.31. The van der Waals surface area contributed by atoms with Crippen molar-refractivity contribution in [2.45, 2.75) is 24.9 Å². The zero-order valence-electron chi connectivity index (χ0n) is 15.5. The van der Waals surface area contributed by atoms with E-state index in [1.54, 1.807) is 17.2 Å². The summed E-state index contributed by atoms with van der Waals surface area (Å²) >= 11 is 0. The summed E-state index contributed by atoms with van der Waals surface area (Å²) in [4.78, 5) is 19.8. The number of anilines is 1. The standard InChI is InChI=1S/C20H24N6O/c1-24-11-7-18(23-24)22-19(27)20(26-14-10-21-16-26)8-12-25(13-9-20)15-17-5-3-2-4-6-17/h2-7,10-11,14,16H,8-9,12-13,15H2,1H3,(H,22,23,27). The van der Waals surface area contributed by atoms with E-state index >= 15 is 0 Å². The van der Waals surface area contributed by atoms with Crippen molar-refractivity contribution in [1.82, 2.24) is 24.2 Å².